The first kappa shape index (κ1) is 12.0. The van der Waals surface area contributed by atoms with Gasteiger partial charge in [0.15, 0.2) is 0 Å². The Morgan fingerprint density at radius 2 is 1.86 bits per heavy atom. The van der Waals surface area contributed by atoms with Crippen molar-refractivity contribution in [2.45, 2.75) is 39.2 Å². The maximum atomic E-state index is 3.58. The molecule has 1 aliphatic rings. The molecule has 0 aromatic rings. The first-order valence-electron chi connectivity index (χ1n) is 5.92. The Balaban J connectivity index is 2.10. The van der Waals surface area contributed by atoms with E-state index in [0.717, 1.165) is 13.1 Å². The van der Waals surface area contributed by atoms with Crippen LogP contribution < -0.4 is 5.43 Å². The van der Waals surface area contributed by atoms with E-state index in [-0.39, 0.29) is 0 Å². The van der Waals surface area contributed by atoms with Gasteiger partial charge in [0.25, 0.3) is 0 Å². The van der Waals surface area contributed by atoms with Crippen molar-refractivity contribution in [1.82, 2.24) is 15.3 Å². The van der Waals surface area contributed by atoms with Crippen LogP contribution in [0.4, 0.5) is 0 Å². The summed E-state index contributed by atoms with van der Waals surface area (Å²) in [6, 6.07) is 0.637. The largest absolute Gasteiger partial charge is 0.304 e. The maximum Gasteiger partial charge on any atom is 0.0259 e. The Bertz CT molecular complexity index is 141. The lowest BCUT2D eigenvalue weighted by Gasteiger charge is -2.34. The second-order valence-electron chi connectivity index (χ2n) is 4.46. The summed E-state index contributed by atoms with van der Waals surface area (Å²) in [5.74, 6) is 0. The topological polar surface area (TPSA) is 18.5 Å². The molecule has 14 heavy (non-hydrogen) atoms. The molecule has 1 aliphatic heterocycles. The summed E-state index contributed by atoms with van der Waals surface area (Å²) in [5.41, 5.74) is 3.58. The number of hydrogen-bond donors (Lipinski definition) is 1. The summed E-state index contributed by atoms with van der Waals surface area (Å²) < 4.78 is 0. The number of nitrogens with zero attached hydrogens (tertiary/aromatic N) is 2. The van der Waals surface area contributed by atoms with E-state index in [4.69, 9.17) is 0 Å². The molecule has 1 unspecified atom stereocenters. The molecule has 0 amide bonds. The molecule has 0 aromatic heterocycles. The van der Waals surface area contributed by atoms with Crippen molar-refractivity contribution in [3.63, 3.8) is 0 Å². The highest BCUT2D eigenvalue weighted by atomic mass is 15.5. The zero-order chi connectivity index (χ0) is 10.4. The molecule has 1 rings (SSSR count). The van der Waals surface area contributed by atoms with Gasteiger partial charge in [-0.2, -0.15) is 0 Å². The number of rotatable bonds is 5. The van der Waals surface area contributed by atoms with E-state index < -0.39 is 0 Å². The van der Waals surface area contributed by atoms with Crippen molar-refractivity contribution in [3.8, 4) is 0 Å². The second kappa shape index (κ2) is 6.38. The fourth-order valence-electron chi connectivity index (χ4n) is 1.82. The van der Waals surface area contributed by atoms with E-state index in [2.05, 4.69) is 36.2 Å². The lowest BCUT2D eigenvalue weighted by atomic mass is 10.1. The van der Waals surface area contributed by atoms with Crippen LogP contribution in [0, 0.1) is 0 Å². The first-order chi connectivity index (χ1) is 6.72. The van der Waals surface area contributed by atoms with Crippen molar-refractivity contribution >= 4 is 0 Å². The molecule has 3 nitrogen and oxygen atoms in total. The van der Waals surface area contributed by atoms with Crippen LogP contribution in [-0.4, -0.2) is 49.2 Å². The zero-order valence-electron chi connectivity index (χ0n) is 9.92. The minimum absolute atomic E-state index is 0.637. The molecule has 0 aromatic carbocycles. The lowest BCUT2D eigenvalue weighted by Crippen LogP contribution is -2.53. The summed E-state index contributed by atoms with van der Waals surface area (Å²) in [6.45, 7) is 9.23. The van der Waals surface area contributed by atoms with E-state index in [1.165, 1.54) is 32.4 Å². The molecule has 0 bridgehead atoms. The highest BCUT2D eigenvalue weighted by molar-refractivity contribution is 4.68. The molecular weight excluding hydrogens is 174 g/mol. The maximum absolute atomic E-state index is 3.58. The third-order valence-electron chi connectivity index (χ3n) is 2.90. The molecule has 1 saturated heterocycles. The molecule has 0 spiro atoms. The van der Waals surface area contributed by atoms with Crippen LogP contribution in [0.1, 0.15) is 33.1 Å². The van der Waals surface area contributed by atoms with Gasteiger partial charge in [-0.1, -0.05) is 19.8 Å². The van der Waals surface area contributed by atoms with Crippen molar-refractivity contribution in [2.75, 3.05) is 33.2 Å². The quantitative estimate of drug-likeness (QED) is 0.720. The molecule has 1 N–H and O–H groups in total. The van der Waals surface area contributed by atoms with Gasteiger partial charge in [-0.05, 0) is 20.4 Å². The van der Waals surface area contributed by atoms with Crippen LogP contribution in [0.3, 0.4) is 0 Å². The van der Waals surface area contributed by atoms with Gasteiger partial charge in [0.2, 0.25) is 0 Å². The Kier molecular flexibility index (Phi) is 5.45. The number of unbranched alkanes of at least 4 members (excludes halogenated alkanes) is 1. The standard InChI is InChI=1S/C11H25N3/c1-4-5-6-11(2)12-14-9-7-13(3)8-10-14/h11-12H,4-10H2,1-3H3. The van der Waals surface area contributed by atoms with Crippen LogP contribution in [0.15, 0.2) is 0 Å². The van der Waals surface area contributed by atoms with Gasteiger partial charge in [0.1, 0.15) is 0 Å². The monoisotopic (exact) mass is 199 g/mol. The van der Waals surface area contributed by atoms with Gasteiger partial charge in [0, 0.05) is 32.2 Å². The van der Waals surface area contributed by atoms with Crippen LogP contribution in [0.5, 0.6) is 0 Å². The Hall–Kier alpha value is -0.120. The Morgan fingerprint density at radius 3 is 2.43 bits per heavy atom. The Labute approximate surface area is 88.4 Å². The SMILES string of the molecule is CCCCC(C)NN1CCN(C)CC1. The molecular formula is C11H25N3. The van der Waals surface area contributed by atoms with E-state index in [9.17, 15) is 0 Å². The number of nitrogens with one attached hydrogen (secondary N) is 1. The van der Waals surface area contributed by atoms with E-state index >= 15 is 0 Å². The number of hydrazine groups is 1. The summed E-state index contributed by atoms with van der Waals surface area (Å²) in [6.07, 6.45) is 3.93. The summed E-state index contributed by atoms with van der Waals surface area (Å²) in [4.78, 5) is 2.38. The zero-order valence-corrected chi connectivity index (χ0v) is 9.92. The molecule has 0 radical (unpaired) electrons. The van der Waals surface area contributed by atoms with Crippen LogP contribution >= 0.6 is 0 Å². The summed E-state index contributed by atoms with van der Waals surface area (Å²) in [7, 11) is 2.19. The molecule has 1 fully saturated rings. The number of hydrogen-bond acceptors (Lipinski definition) is 3. The average Bonchev–Trinajstić information content (AvgIpc) is 2.18. The van der Waals surface area contributed by atoms with E-state index in [1.54, 1.807) is 0 Å². The van der Waals surface area contributed by atoms with Crippen molar-refractivity contribution in [2.24, 2.45) is 0 Å². The van der Waals surface area contributed by atoms with Gasteiger partial charge in [0.05, 0.1) is 0 Å². The van der Waals surface area contributed by atoms with E-state index in [0.29, 0.717) is 6.04 Å². The number of likely N-dealkylation sites (N-methyl/N-ethyl adjacent to an activating group) is 1. The van der Waals surface area contributed by atoms with Crippen molar-refractivity contribution < 1.29 is 0 Å². The first-order valence-corrected chi connectivity index (χ1v) is 5.92. The van der Waals surface area contributed by atoms with Gasteiger partial charge < -0.3 is 4.90 Å². The third kappa shape index (κ3) is 4.40. The number of piperazine rings is 1. The fourth-order valence-corrected chi connectivity index (χ4v) is 1.82. The van der Waals surface area contributed by atoms with Crippen LogP contribution in [-0.2, 0) is 0 Å². The highest BCUT2D eigenvalue weighted by Gasteiger charge is 2.14. The van der Waals surface area contributed by atoms with Gasteiger partial charge in [-0.15, -0.1) is 0 Å². The summed E-state index contributed by atoms with van der Waals surface area (Å²) >= 11 is 0. The van der Waals surface area contributed by atoms with Crippen molar-refractivity contribution in [3.05, 3.63) is 0 Å². The van der Waals surface area contributed by atoms with Crippen molar-refractivity contribution in [1.29, 1.82) is 0 Å². The lowest BCUT2D eigenvalue weighted by molar-refractivity contribution is 0.0878. The van der Waals surface area contributed by atoms with Gasteiger partial charge in [-0.25, -0.2) is 5.01 Å². The van der Waals surface area contributed by atoms with E-state index in [1.807, 2.05) is 0 Å². The fraction of sp³-hybridized carbons (Fsp3) is 1.00. The molecule has 3 heteroatoms. The smallest absolute Gasteiger partial charge is 0.0259 e. The van der Waals surface area contributed by atoms with Crippen LogP contribution in [0.2, 0.25) is 0 Å². The minimum atomic E-state index is 0.637. The highest BCUT2D eigenvalue weighted by Crippen LogP contribution is 2.02. The summed E-state index contributed by atoms with van der Waals surface area (Å²) in [5, 5.41) is 2.38. The predicted octanol–water partition coefficient (Wildman–Crippen LogP) is 1.32. The molecule has 0 aliphatic carbocycles. The van der Waals surface area contributed by atoms with Crippen LogP contribution in [0.25, 0.3) is 0 Å². The molecule has 1 heterocycles. The second-order valence-corrected chi connectivity index (χ2v) is 4.46. The minimum Gasteiger partial charge on any atom is -0.304 e. The Morgan fingerprint density at radius 1 is 1.21 bits per heavy atom. The third-order valence-corrected chi connectivity index (χ3v) is 2.90. The normalized spacial score (nSPS) is 22.5. The molecule has 1 atom stereocenters. The average molecular weight is 199 g/mol. The molecule has 0 saturated carbocycles. The van der Waals surface area contributed by atoms with Gasteiger partial charge in [-0.3, -0.25) is 5.43 Å². The molecule has 84 valence electrons. The van der Waals surface area contributed by atoms with Gasteiger partial charge >= 0.3 is 0 Å². The predicted molar refractivity (Wildman–Crippen MR) is 61.2 cm³/mol.